The van der Waals surface area contributed by atoms with E-state index in [0.29, 0.717) is 26.2 Å². The van der Waals surface area contributed by atoms with Crippen LogP contribution in [0.4, 0.5) is 5.69 Å². The molecule has 0 saturated carbocycles. The van der Waals surface area contributed by atoms with Gasteiger partial charge in [-0.2, -0.15) is 0 Å². The molecule has 2 aliphatic heterocycles. The molecule has 2 aromatic rings. The third-order valence-corrected chi connectivity index (χ3v) is 5.69. The molecule has 0 aliphatic carbocycles. The summed E-state index contributed by atoms with van der Waals surface area (Å²) in [4.78, 5) is 29.5. The zero-order valence-electron chi connectivity index (χ0n) is 16.2. The third kappa shape index (κ3) is 3.67. The van der Waals surface area contributed by atoms with Crippen LogP contribution in [0.25, 0.3) is 0 Å². The van der Waals surface area contributed by atoms with Crippen LogP contribution in [0.5, 0.6) is 0 Å². The third-order valence-electron chi connectivity index (χ3n) is 5.69. The molecule has 2 heterocycles. The molecule has 2 fully saturated rings. The van der Waals surface area contributed by atoms with Gasteiger partial charge in [0.25, 0.3) is 0 Å². The van der Waals surface area contributed by atoms with E-state index in [1.807, 2.05) is 59.5 Å². The van der Waals surface area contributed by atoms with Gasteiger partial charge in [-0.25, -0.2) is 0 Å². The summed E-state index contributed by atoms with van der Waals surface area (Å²) in [5.74, 6) is -0.187. The highest BCUT2D eigenvalue weighted by atomic mass is 16.5. The van der Waals surface area contributed by atoms with E-state index in [0.717, 1.165) is 23.2 Å². The molecule has 2 aromatic carbocycles. The molecule has 2 aliphatic rings. The number of carbonyl (C=O) groups excluding carboxylic acids is 2. The van der Waals surface area contributed by atoms with Gasteiger partial charge in [0.2, 0.25) is 11.8 Å². The lowest BCUT2D eigenvalue weighted by atomic mass is 10.0. The highest BCUT2D eigenvalue weighted by molar-refractivity contribution is 6.00. The van der Waals surface area contributed by atoms with Crippen molar-refractivity contribution in [2.75, 3.05) is 31.1 Å². The summed E-state index contributed by atoms with van der Waals surface area (Å²) in [7, 11) is 0. The van der Waals surface area contributed by atoms with E-state index in [1.54, 1.807) is 4.90 Å². The molecule has 28 heavy (non-hydrogen) atoms. The average molecular weight is 378 g/mol. The number of aryl methyl sites for hydroxylation is 1. The molecule has 2 atom stereocenters. The smallest absolute Gasteiger partial charge is 0.228 e. The Kier molecular flexibility index (Phi) is 5.44. The zero-order valence-corrected chi connectivity index (χ0v) is 16.2. The summed E-state index contributed by atoms with van der Waals surface area (Å²) in [6.07, 6.45) is 1.04. The van der Waals surface area contributed by atoms with Crippen molar-refractivity contribution in [2.24, 2.45) is 5.92 Å². The van der Waals surface area contributed by atoms with E-state index in [2.05, 4.69) is 6.92 Å². The Morgan fingerprint density at radius 1 is 1.07 bits per heavy atom. The number of para-hydroxylation sites is 1. The van der Waals surface area contributed by atoms with Crippen molar-refractivity contribution >= 4 is 17.5 Å². The maximum absolute atomic E-state index is 13.1. The molecule has 5 nitrogen and oxygen atoms in total. The first kappa shape index (κ1) is 18.7. The number of hydrogen-bond donors (Lipinski definition) is 0. The lowest BCUT2D eigenvalue weighted by Crippen LogP contribution is -2.45. The van der Waals surface area contributed by atoms with E-state index < -0.39 is 0 Å². The van der Waals surface area contributed by atoms with Crippen molar-refractivity contribution in [2.45, 2.75) is 25.9 Å². The highest BCUT2D eigenvalue weighted by Gasteiger charge is 2.39. The fraction of sp³-hybridized carbons (Fsp3) is 0.391. The van der Waals surface area contributed by atoms with Crippen LogP contribution in [0, 0.1) is 5.92 Å². The van der Waals surface area contributed by atoms with Crippen LogP contribution in [0.2, 0.25) is 0 Å². The summed E-state index contributed by atoms with van der Waals surface area (Å²) in [6.45, 7) is 4.19. The maximum Gasteiger partial charge on any atom is 0.228 e. The Labute approximate surface area is 165 Å². The number of amides is 2. The molecule has 146 valence electrons. The first-order valence-corrected chi connectivity index (χ1v) is 10.0. The van der Waals surface area contributed by atoms with Gasteiger partial charge in [-0.15, -0.1) is 0 Å². The lowest BCUT2D eigenvalue weighted by molar-refractivity contribution is -0.143. The second-order valence-electron chi connectivity index (χ2n) is 7.44. The minimum absolute atomic E-state index is 0.0344. The monoisotopic (exact) mass is 378 g/mol. The van der Waals surface area contributed by atoms with Crippen molar-refractivity contribution in [1.82, 2.24) is 4.90 Å². The number of ether oxygens (including phenoxy) is 1. The van der Waals surface area contributed by atoms with Gasteiger partial charge < -0.3 is 14.5 Å². The average Bonchev–Trinajstić information content (AvgIpc) is 3.15. The minimum Gasteiger partial charge on any atom is -0.370 e. The first-order chi connectivity index (χ1) is 13.7. The van der Waals surface area contributed by atoms with Crippen molar-refractivity contribution in [3.05, 3.63) is 65.7 Å². The van der Waals surface area contributed by atoms with Crippen LogP contribution in [0.1, 0.15) is 30.6 Å². The van der Waals surface area contributed by atoms with E-state index in [1.165, 1.54) is 0 Å². The first-order valence-electron chi connectivity index (χ1n) is 10.0. The van der Waals surface area contributed by atoms with Gasteiger partial charge in [0, 0.05) is 25.2 Å². The Hall–Kier alpha value is -2.66. The number of benzene rings is 2. The van der Waals surface area contributed by atoms with Crippen molar-refractivity contribution in [3.8, 4) is 0 Å². The number of rotatable bonds is 4. The molecule has 2 amide bonds. The minimum atomic E-state index is -0.285. The topological polar surface area (TPSA) is 49.9 Å². The molecule has 2 saturated heterocycles. The van der Waals surface area contributed by atoms with E-state index in [9.17, 15) is 9.59 Å². The highest BCUT2D eigenvalue weighted by Crippen LogP contribution is 2.30. The molecular weight excluding hydrogens is 352 g/mol. The standard InChI is InChI=1S/C23H26N2O3/c1-2-17-8-6-7-11-20(17)25-15-19(14-22(25)26)23(27)24-12-13-28-21(16-24)18-9-4-3-5-10-18/h3-11,19,21H,2,12-16H2,1H3. The quantitative estimate of drug-likeness (QED) is 0.821. The molecule has 4 rings (SSSR count). The molecular formula is C23H26N2O3. The maximum atomic E-state index is 13.1. The Morgan fingerprint density at radius 3 is 2.61 bits per heavy atom. The SMILES string of the molecule is CCc1ccccc1N1CC(C(=O)N2CCOC(c3ccccc3)C2)CC1=O. The van der Waals surface area contributed by atoms with Gasteiger partial charge in [-0.3, -0.25) is 9.59 Å². The predicted molar refractivity (Wildman–Crippen MR) is 108 cm³/mol. The zero-order chi connectivity index (χ0) is 19.5. The van der Waals surface area contributed by atoms with Crippen molar-refractivity contribution in [3.63, 3.8) is 0 Å². The molecule has 2 unspecified atom stereocenters. The Morgan fingerprint density at radius 2 is 1.82 bits per heavy atom. The predicted octanol–water partition coefficient (Wildman–Crippen LogP) is 3.20. The number of anilines is 1. The van der Waals surface area contributed by atoms with Gasteiger partial charge in [0.15, 0.2) is 0 Å². The van der Waals surface area contributed by atoms with Crippen LogP contribution in [-0.4, -0.2) is 43.0 Å². The van der Waals surface area contributed by atoms with Gasteiger partial charge in [-0.1, -0.05) is 55.5 Å². The van der Waals surface area contributed by atoms with Gasteiger partial charge in [0.1, 0.15) is 6.10 Å². The molecule has 0 bridgehead atoms. The molecule has 0 radical (unpaired) electrons. The number of nitrogens with zero attached hydrogens (tertiary/aromatic N) is 2. The Bertz CT molecular complexity index is 852. The fourth-order valence-corrected chi connectivity index (χ4v) is 4.16. The summed E-state index contributed by atoms with van der Waals surface area (Å²) in [6, 6.07) is 18.0. The van der Waals surface area contributed by atoms with E-state index in [-0.39, 0.29) is 30.3 Å². The number of hydrogen-bond acceptors (Lipinski definition) is 3. The van der Waals surface area contributed by atoms with Crippen LogP contribution >= 0.6 is 0 Å². The molecule has 0 N–H and O–H groups in total. The summed E-state index contributed by atoms with van der Waals surface area (Å²) in [5.41, 5.74) is 3.16. The van der Waals surface area contributed by atoms with Crippen molar-refractivity contribution < 1.29 is 14.3 Å². The molecule has 0 aromatic heterocycles. The van der Waals surface area contributed by atoms with Crippen LogP contribution < -0.4 is 4.90 Å². The van der Waals surface area contributed by atoms with E-state index >= 15 is 0 Å². The number of morpholine rings is 1. The van der Waals surface area contributed by atoms with E-state index in [4.69, 9.17) is 4.74 Å². The normalized spacial score (nSPS) is 22.5. The van der Waals surface area contributed by atoms with Crippen LogP contribution in [-0.2, 0) is 20.7 Å². The number of carbonyl (C=O) groups is 2. The second kappa shape index (κ2) is 8.15. The van der Waals surface area contributed by atoms with Crippen LogP contribution in [0.15, 0.2) is 54.6 Å². The lowest BCUT2D eigenvalue weighted by Gasteiger charge is -2.34. The Balaban J connectivity index is 1.46. The van der Waals surface area contributed by atoms with Gasteiger partial charge in [-0.05, 0) is 23.6 Å². The second-order valence-corrected chi connectivity index (χ2v) is 7.44. The summed E-state index contributed by atoms with van der Waals surface area (Å²) < 4.78 is 5.88. The van der Waals surface area contributed by atoms with Gasteiger partial charge >= 0.3 is 0 Å². The van der Waals surface area contributed by atoms with Gasteiger partial charge in [0.05, 0.1) is 19.1 Å². The molecule has 0 spiro atoms. The summed E-state index contributed by atoms with van der Waals surface area (Å²) in [5, 5.41) is 0. The van der Waals surface area contributed by atoms with Crippen LogP contribution in [0.3, 0.4) is 0 Å². The fourth-order valence-electron chi connectivity index (χ4n) is 4.16. The molecule has 5 heteroatoms. The van der Waals surface area contributed by atoms with Crippen molar-refractivity contribution in [1.29, 1.82) is 0 Å². The largest absolute Gasteiger partial charge is 0.370 e. The summed E-state index contributed by atoms with van der Waals surface area (Å²) >= 11 is 0.